The highest BCUT2D eigenvalue weighted by molar-refractivity contribution is 5.89. The highest BCUT2D eigenvalue weighted by Gasteiger charge is 2.29. The molecule has 0 fully saturated rings. The second-order valence-corrected chi connectivity index (χ2v) is 3.75. The van der Waals surface area contributed by atoms with E-state index in [2.05, 4.69) is 15.0 Å². The molecule has 0 amide bonds. The lowest BCUT2D eigenvalue weighted by Gasteiger charge is -2.10. The summed E-state index contributed by atoms with van der Waals surface area (Å²) in [6, 6.07) is -0.0910. The van der Waals surface area contributed by atoms with Crippen molar-refractivity contribution >= 4 is 5.97 Å². The van der Waals surface area contributed by atoms with Crippen molar-refractivity contribution in [3.05, 3.63) is 21.9 Å². The van der Waals surface area contributed by atoms with Gasteiger partial charge in [-0.1, -0.05) is 0 Å². The molecule has 2 N–H and O–H groups in total. The Morgan fingerprint density at radius 2 is 2.35 bits per heavy atom. The van der Waals surface area contributed by atoms with Gasteiger partial charge >= 0.3 is 5.97 Å². The van der Waals surface area contributed by atoms with Gasteiger partial charge in [0.2, 0.25) is 5.75 Å². The van der Waals surface area contributed by atoms with Gasteiger partial charge in [0.1, 0.15) is 5.82 Å². The number of ether oxygens (including phenoxy) is 1. The van der Waals surface area contributed by atoms with Gasteiger partial charge < -0.3 is 15.2 Å². The number of fused-ring (bicyclic) bond motifs is 1. The van der Waals surface area contributed by atoms with E-state index in [1.54, 1.807) is 7.05 Å². The number of methoxy groups -OCH3 is 1. The molecule has 2 heterocycles. The maximum absolute atomic E-state index is 11.8. The van der Waals surface area contributed by atoms with E-state index in [9.17, 15) is 14.7 Å². The molecular formula is C10H13N3O4. The Hall–Kier alpha value is -1.89. The molecule has 1 aliphatic heterocycles. The molecule has 0 bridgehead atoms. The zero-order valence-corrected chi connectivity index (χ0v) is 9.56. The molecule has 7 heteroatoms. The third-order valence-electron chi connectivity index (χ3n) is 2.86. The van der Waals surface area contributed by atoms with E-state index < -0.39 is 17.3 Å². The quantitative estimate of drug-likeness (QED) is 0.669. The molecule has 1 atom stereocenters. The van der Waals surface area contributed by atoms with Crippen LogP contribution in [0.5, 0.6) is 5.75 Å². The van der Waals surface area contributed by atoms with Crippen LogP contribution in [-0.2, 0) is 11.3 Å². The number of carbonyl (C=O) groups excluding carboxylic acids is 1. The van der Waals surface area contributed by atoms with E-state index in [-0.39, 0.29) is 11.7 Å². The minimum Gasteiger partial charge on any atom is -0.501 e. The number of hydrogen-bond donors (Lipinski definition) is 2. The Labute approximate surface area is 97.0 Å². The number of nitrogens with one attached hydrogen (secondary N) is 1. The van der Waals surface area contributed by atoms with Crippen molar-refractivity contribution in [1.82, 2.24) is 14.9 Å². The summed E-state index contributed by atoms with van der Waals surface area (Å²) in [6.45, 7) is 0.474. The number of aromatic nitrogens is 2. The van der Waals surface area contributed by atoms with Crippen LogP contribution in [0.4, 0.5) is 0 Å². The fraction of sp³-hybridized carbons (Fsp3) is 0.500. The number of aromatic hydroxyl groups is 1. The van der Waals surface area contributed by atoms with E-state index in [1.807, 2.05) is 0 Å². The van der Waals surface area contributed by atoms with Gasteiger partial charge in [0.05, 0.1) is 13.2 Å². The summed E-state index contributed by atoms with van der Waals surface area (Å²) in [5, 5.41) is 12.6. The van der Waals surface area contributed by atoms with Crippen LogP contribution < -0.4 is 10.9 Å². The highest BCUT2D eigenvalue weighted by atomic mass is 16.5. The second kappa shape index (κ2) is 4.17. The number of esters is 1. The molecule has 7 nitrogen and oxygen atoms in total. The first kappa shape index (κ1) is 11.6. The molecule has 1 aromatic rings. The van der Waals surface area contributed by atoms with Crippen LogP contribution in [0.3, 0.4) is 0 Å². The van der Waals surface area contributed by atoms with E-state index in [4.69, 9.17) is 0 Å². The van der Waals surface area contributed by atoms with Gasteiger partial charge in [-0.3, -0.25) is 9.36 Å². The summed E-state index contributed by atoms with van der Waals surface area (Å²) in [6.07, 6.45) is 0.697. The van der Waals surface area contributed by atoms with Crippen LogP contribution in [-0.4, -0.2) is 34.8 Å². The zero-order valence-electron chi connectivity index (χ0n) is 9.56. The normalized spacial score (nSPS) is 17.9. The Morgan fingerprint density at radius 1 is 1.65 bits per heavy atom. The monoisotopic (exact) mass is 239 g/mol. The first-order valence-electron chi connectivity index (χ1n) is 5.19. The molecule has 1 aliphatic rings. The largest absolute Gasteiger partial charge is 0.501 e. The third kappa shape index (κ3) is 1.68. The van der Waals surface area contributed by atoms with Crippen molar-refractivity contribution in [2.75, 3.05) is 14.2 Å². The average molecular weight is 239 g/mol. The molecule has 1 aromatic heterocycles. The molecular weight excluding hydrogens is 226 g/mol. The van der Waals surface area contributed by atoms with Gasteiger partial charge in [0.15, 0.2) is 5.69 Å². The van der Waals surface area contributed by atoms with Crippen molar-refractivity contribution in [3.8, 4) is 5.75 Å². The predicted octanol–water partition coefficient (Wildman–Crippen LogP) is -0.600. The van der Waals surface area contributed by atoms with E-state index in [1.165, 1.54) is 11.7 Å². The number of hydrogen-bond acceptors (Lipinski definition) is 6. The Balaban J connectivity index is 2.63. The van der Waals surface area contributed by atoms with E-state index in [0.29, 0.717) is 18.8 Å². The maximum Gasteiger partial charge on any atom is 0.360 e. The third-order valence-corrected chi connectivity index (χ3v) is 2.86. The first-order chi connectivity index (χ1) is 8.10. The summed E-state index contributed by atoms with van der Waals surface area (Å²) >= 11 is 0. The Morgan fingerprint density at radius 3 is 2.94 bits per heavy atom. The lowest BCUT2D eigenvalue weighted by atomic mass is 10.2. The molecule has 0 saturated heterocycles. The fourth-order valence-corrected chi connectivity index (χ4v) is 1.94. The van der Waals surface area contributed by atoms with Gasteiger partial charge in [-0.05, 0) is 13.5 Å². The van der Waals surface area contributed by atoms with Crippen molar-refractivity contribution < 1.29 is 14.6 Å². The van der Waals surface area contributed by atoms with Gasteiger partial charge in [-0.15, -0.1) is 0 Å². The van der Waals surface area contributed by atoms with Crippen molar-refractivity contribution in [3.63, 3.8) is 0 Å². The average Bonchev–Trinajstić information content (AvgIpc) is 2.75. The molecule has 92 valence electrons. The second-order valence-electron chi connectivity index (χ2n) is 3.75. The lowest BCUT2D eigenvalue weighted by Crippen LogP contribution is -2.26. The Bertz CT molecular complexity index is 523. The molecule has 2 rings (SSSR count). The maximum atomic E-state index is 11.8. The standard InChI is InChI=1S/C10H13N3O4/c1-11-5-3-4-13-8(5)12-6(10(16)17-2)7(14)9(13)15/h5,11,14H,3-4H2,1-2H3. The van der Waals surface area contributed by atoms with Gasteiger partial charge in [-0.2, -0.15) is 0 Å². The molecule has 0 aliphatic carbocycles. The van der Waals surface area contributed by atoms with Crippen LogP contribution in [0.1, 0.15) is 28.8 Å². The first-order valence-corrected chi connectivity index (χ1v) is 5.19. The van der Waals surface area contributed by atoms with Crippen LogP contribution in [0, 0.1) is 0 Å². The number of rotatable bonds is 2. The van der Waals surface area contributed by atoms with Gasteiger partial charge in [-0.25, -0.2) is 9.78 Å². The molecule has 0 spiro atoms. The zero-order chi connectivity index (χ0) is 12.6. The predicted molar refractivity (Wildman–Crippen MR) is 57.9 cm³/mol. The smallest absolute Gasteiger partial charge is 0.360 e. The van der Waals surface area contributed by atoms with Crippen LogP contribution in [0.15, 0.2) is 4.79 Å². The number of nitrogens with zero attached hydrogens (tertiary/aromatic N) is 2. The van der Waals surface area contributed by atoms with Crippen molar-refractivity contribution in [2.24, 2.45) is 0 Å². The molecule has 0 saturated carbocycles. The molecule has 0 aromatic carbocycles. The van der Waals surface area contributed by atoms with Crippen LogP contribution in [0.2, 0.25) is 0 Å². The summed E-state index contributed by atoms with van der Waals surface area (Å²) < 4.78 is 5.83. The minimum absolute atomic E-state index is 0.0910. The van der Waals surface area contributed by atoms with E-state index in [0.717, 1.165) is 0 Å². The molecule has 17 heavy (non-hydrogen) atoms. The fourth-order valence-electron chi connectivity index (χ4n) is 1.94. The summed E-state index contributed by atoms with van der Waals surface area (Å²) in [5.41, 5.74) is -0.931. The van der Waals surface area contributed by atoms with Crippen molar-refractivity contribution in [2.45, 2.75) is 19.0 Å². The van der Waals surface area contributed by atoms with Gasteiger partial charge in [0, 0.05) is 6.54 Å². The Kier molecular flexibility index (Phi) is 2.84. The lowest BCUT2D eigenvalue weighted by molar-refractivity contribution is 0.0589. The van der Waals surface area contributed by atoms with Crippen LogP contribution in [0.25, 0.3) is 0 Å². The highest BCUT2D eigenvalue weighted by Crippen LogP contribution is 2.24. The summed E-state index contributed by atoms with van der Waals surface area (Å²) in [7, 11) is 2.92. The molecule has 1 unspecified atom stereocenters. The molecule has 0 radical (unpaired) electrons. The van der Waals surface area contributed by atoms with Crippen molar-refractivity contribution in [1.29, 1.82) is 0 Å². The number of carbonyl (C=O) groups is 1. The summed E-state index contributed by atoms with van der Waals surface area (Å²) in [5.74, 6) is -1.02. The topological polar surface area (TPSA) is 93.5 Å². The van der Waals surface area contributed by atoms with Gasteiger partial charge in [0.25, 0.3) is 5.56 Å². The van der Waals surface area contributed by atoms with Crippen LogP contribution >= 0.6 is 0 Å². The summed E-state index contributed by atoms with van der Waals surface area (Å²) in [4.78, 5) is 27.2. The SMILES string of the molecule is CNC1CCn2c1nc(C(=O)OC)c(O)c2=O. The van der Waals surface area contributed by atoms with E-state index >= 15 is 0 Å². The minimum atomic E-state index is -0.815.